The Morgan fingerprint density at radius 3 is 1.74 bits per heavy atom. The summed E-state index contributed by atoms with van der Waals surface area (Å²) in [6, 6.07) is 0.367. The molecule has 0 aromatic heterocycles. The summed E-state index contributed by atoms with van der Waals surface area (Å²) in [5.74, 6) is 0. The number of nitrogens with zero attached hydrogens (tertiary/aromatic N) is 3. The van der Waals surface area contributed by atoms with Crippen LogP contribution in [0, 0.1) is 0 Å². The van der Waals surface area contributed by atoms with Crippen molar-refractivity contribution in [2.75, 3.05) is 13.1 Å². The van der Waals surface area contributed by atoms with E-state index in [4.69, 9.17) is 0 Å². The van der Waals surface area contributed by atoms with E-state index in [1.54, 1.807) is 0 Å². The molecule has 4 heteroatoms. The van der Waals surface area contributed by atoms with Crippen molar-refractivity contribution in [2.24, 2.45) is 4.99 Å². The van der Waals surface area contributed by atoms with Gasteiger partial charge in [-0.1, -0.05) is 96.8 Å². The molecule has 0 aromatic carbocycles. The predicted octanol–water partition coefficient (Wildman–Crippen LogP) is 6.15. The second-order valence-electron chi connectivity index (χ2n) is 8.43. The fraction of sp³-hybridized carbons (Fsp3) is 0.957. The van der Waals surface area contributed by atoms with Crippen LogP contribution in [-0.4, -0.2) is 46.8 Å². The maximum absolute atomic E-state index is 10.1. The highest BCUT2D eigenvalue weighted by atomic mass is 16.3. The van der Waals surface area contributed by atoms with E-state index in [1.165, 1.54) is 89.9 Å². The molecule has 1 heterocycles. The fourth-order valence-corrected chi connectivity index (χ4v) is 4.15. The molecule has 0 saturated carbocycles. The van der Waals surface area contributed by atoms with Gasteiger partial charge in [-0.25, -0.2) is 0 Å². The van der Waals surface area contributed by atoms with Crippen molar-refractivity contribution in [1.29, 1.82) is 0 Å². The van der Waals surface area contributed by atoms with Gasteiger partial charge >= 0.3 is 0 Å². The zero-order valence-corrected chi connectivity index (χ0v) is 18.5. The third-order valence-electron chi connectivity index (χ3n) is 5.78. The SMILES string of the molecule is CCCCCCCCCCCCCCCCC(C)N(C(C)O)N1C=NCC1. The van der Waals surface area contributed by atoms with Crippen molar-refractivity contribution in [2.45, 2.75) is 129 Å². The number of aliphatic imine (C=N–C) groups is 1. The van der Waals surface area contributed by atoms with Crippen molar-refractivity contribution < 1.29 is 5.11 Å². The Kier molecular flexibility index (Phi) is 14.8. The maximum atomic E-state index is 10.1. The Bertz CT molecular complexity index is 360. The van der Waals surface area contributed by atoms with Crippen molar-refractivity contribution in [1.82, 2.24) is 10.0 Å². The van der Waals surface area contributed by atoms with E-state index in [-0.39, 0.29) is 0 Å². The van der Waals surface area contributed by atoms with Gasteiger partial charge in [0.2, 0.25) is 0 Å². The van der Waals surface area contributed by atoms with Crippen LogP contribution in [-0.2, 0) is 0 Å². The summed E-state index contributed by atoms with van der Waals surface area (Å²) in [5.41, 5.74) is 0. The van der Waals surface area contributed by atoms with E-state index in [0.717, 1.165) is 19.5 Å². The second kappa shape index (κ2) is 16.4. The Labute approximate surface area is 169 Å². The van der Waals surface area contributed by atoms with Crippen LogP contribution in [0.15, 0.2) is 4.99 Å². The number of hydrogen-bond acceptors (Lipinski definition) is 4. The topological polar surface area (TPSA) is 39.1 Å². The van der Waals surface area contributed by atoms with Gasteiger partial charge in [0.15, 0.2) is 0 Å². The molecule has 27 heavy (non-hydrogen) atoms. The van der Waals surface area contributed by atoms with E-state index in [0.29, 0.717) is 6.04 Å². The smallest absolute Gasteiger partial charge is 0.121 e. The first-order valence-corrected chi connectivity index (χ1v) is 11.9. The molecule has 0 radical (unpaired) electrons. The van der Waals surface area contributed by atoms with Gasteiger partial charge in [-0.15, -0.1) is 0 Å². The number of hydrogen-bond donors (Lipinski definition) is 1. The molecule has 160 valence electrons. The standard InChI is InChI=1S/C23H47N3O/c1-4-5-6-7-8-9-10-11-12-13-14-15-16-17-18-22(2)26(23(3)27)25-20-19-24-21-25/h21-23,27H,4-20H2,1-3H3. The zero-order valence-electron chi connectivity index (χ0n) is 18.5. The molecule has 0 amide bonds. The molecule has 0 spiro atoms. The summed E-state index contributed by atoms with van der Waals surface area (Å²) in [6.45, 7) is 8.10. The summed E-state index contributed by atoms with van der Waals surface area (Å²) < 4.78 is 0. The van der Waals surface area contributed by atoms with Crippen LogP contribution in [0.2, 0.25) is 0 Å². The minimum absolute atomic E-state index is 0.367. The molecule has 1 aliphatic heterocycles. The summed E-state index contributed by atoms with van der Waals surface area (Å²) in [6.07, 6.45) is 22.2. The first kappa shape index (κ1) is 24.4. The fourth-order valence-electron chi connectivity index (χ4n) is 4.15. The highest BCUT2D eigenvalue weighted by molar-refractivity contribution is 5.56. The van der Waals surface area contributed by atoms with Gasteiger partial charge in [0, 0.05) is 6.04 Å². The van der Waals surface area contributed by atoms with Crippen LogP contribution >= 0.6 is 0 Å². The predicted molar refractivity (Wildman–Crippen MR) is 118 cm³/mol. The van der Waals surface area contributed by atoms with Crippen molar-refractivity contribution >= 4 is 6.34 Å². The van der Waals surface area contributed by atoms with Gasteiger partial charge in [0.05, 0.1) is 19.4 Å². The maximum Gasteiger partial charge on any atom is 0.121 e. The van der Waals surface area contributed by atoms with Crippen LogP contribution in [0.4, 0.5) is 0 Å². The Morgan fingerprint density at radius 2 is 1.33 bits per heavy atom. The first-order valence-electron chi connectivity index (χ1n) is 11.9. The Morgan fingerprint density at radius 1 is 0.852 bits per heavy atom. The number of rotatable bonds is 18. The molecule has 4 nitrogen and oxygen atoms in total. The van der Waals surface area contributed by atoms with E-state index in [2.05, 4.69) is 28.9 Å². The van der Waals surface area contributed by atoms with Gasteiger partial charge in [-0.2, -0.15) is 5.01 Å². The average Bonchev–Trinajstić information content (AvgIpc) is 3.16. The molecule has 1 rings (SSSR count). The van der Waals surface area contributed by atoms with Crippen molar-refractivity contribution in [3.8, 4) is 0 Å². The molecule has 0 saturated heterocycles. The van der Waals surface area contributed by atoms with Crippen LogP contribution < -0.4 is 0 Å². The Balaban J connectivity index is 1.91. The summed E-state index contributed by atoms with van der Waals surface area (Å²) in [7, 11) is 0. The van der Waals surface area contributed by atoms with Gasteiger partial charge < -0.3 is 5.11 Å². The molecule has 0 aliphatic carbocycles. The van der Waals surface area contributed by atoms with Crippen molar-refractivity contribution in [3.63, 3.8) is 0 Å². The molecule has 0 bridgehead atoms. The normalized spacial score (nSPS) is 16.4. The van der Waals surface area contributed by atoms with Crippen LogP contribution in [0.25, 0.3) is 0 Å². The third kappa shape index (κ3) is 11.7. The van der Waals surface area contributed by atoms with Crippen molar-refractivity contribution in [3.05, 3.63) is 0 Å². The van der Waals surface area contributed by atoms with Crippen LogP contribution in [0.1, 0.15) is 117 Å². The number of aliphatic hydroxyl groups is 1. The van der Waals surface area contributed by atoms with Crippen LogP contribution in [0.3, 0.4) is 0 Å². The second-order valence-corrected chi connectivity index (χ2v) is 8.43. The quantitative estimate of drug-likeness (QED) is 0.229. The molecule has 2 atom stereocenters. The molecule has 2 unspecified atom stereocenters. The lowest BCUT2D eigenvalue weighted by Gasteiger charge is -2.38. The van der Waals surface area contributed by atoms with Gasteiger partial charge in [-0.05, 0) is 20.3 Å². The molecule has 0 fully saturated rings. The first-order chi connectivity index (χ1) is 13.2. The van der Waals surface area contributed by atoms with Gasteiger partial charge in [-0.3, -0.25) is 10.0 Å². The monoisotopic (exact) mass is 381 g/mol. The molecule has 1 aliphatic rings. The zero-order chi connectivity index (χ0) is 19.7. The van der Waals surface area contributed by atoms with E-state index >= 15 is 0 Å². The summed E-state index contributed by atoms with van der Waals surface area (Å²) >= 11 is 0. The molecule has 0 aromatic rings. The third-order valence-corrected chi connectivity index (χ3v) is 5.78. The lowest BCUT2D eigenvalue weighted by molar-refractivity contribution is -0.112. The molecular weight excluding hydrogens is 334 g/mol. The highest BCUT2D eigenvalue weighted by Gasteiger charge is 2.24. The molecular formula is C23H47N3O. The van der Waals surface area contributed by atoms with E-state index < -0.39 is 6.23 Å². The lowest BCUT2D eigenvalue weighted by Crippen LogP contribution is -2.51. The average molecular weight is 382 g/mol. The Hall–Kier alpha value is -0.610. The largest absolute Gasteiger partial charge is 0.377 e. The van der Waals surface area contributed by atoms with Gasteiger partial charge in [0.1, 0.15) is 6.23 Å². The minimum atomic E-state index is -0.448. The van der Waals surface area contributed by atoms with E-state index in [9.17, 15) is 5.11 Å². The minimum Gasteiger partial charge on any atom is -0.377 e. The lowest BCUT2D eigenvalue weighted by atomic mass is 10.0. The van der Waals surface area contributed by atoms with Crippen LogP contribution in [0.5, 0.6) is 0 Å². The molecule has 1 N–H and O–H groups in total. The summed E-state index contributed by atoms with van der Waals surface area (Å²) in [4.78, 5) is 4.27. The number of aliphatic hydroxyl groups excluding tert-OH is 1. The van der Waals surface area contributed by atoms with E-state index in [1.807, 2.05) is 13.3 Å². The number of unbranched alkanes of at least 4 members (excludes halogenated alkanes) is 13. The summed E-state index contributed by atoms with van der Waals surface area (Å²) in [5, 5.41) is 14.2. The number of hydrazine groups is 1. The van der Waals surface area contributed by atoms with Gasteiger partial charge in [0.25, 0.3) is 0 Å². The highest BCUT2D eigenvalue weighted by Crippen LogP contribution is 2.17.